The fraction of sp³-hybridized carbons (Fsp3) is 0.409. The monoisotopic (exact) mass is 447 g/mol. The Morgan fingerprint density at radius 3 is 2.32 bits per heavy atom. The maximum atomic E-state index is 13.1. The van der Waals surface area contributed by atoms with Crippen molar-refractivity contribution in [3.8, 4) is 0 Å². The van der Waals surface area contributed by atoms with Crippen LogP contribution in [0.25, 0.3) is 0 Å². The number of ketones is 1. The van der Waals surface area contributed by atoms with Crippen LogP contribution < -0.4 is 0 Å². The Balaban J connectivity index is 1.93. The second-order valence-corrected chi connectivity index (χ2v) is 9.91. The van der Waals surface area contributed by atoms with Gasteiger partial charge in [-0.2, -0.15) is 0 Å². The van der Waals surface area contributed by atoms with E-state index in [0.717, 1.165) is 18.2 Å². The smallest absolute Gasteiger partial charge is 0.323 e. The van der Waals surface area contributed by atoms with E-state index in [1.807, 2.05) is 13.0 Å². The lowest BCUT2D eigenvalue weighted by atomic mass is 10.0. The molecule has 31 heavy (non-hydrogen) atoms. The quantitative estimate of drug-likeness (QED) is 0.364. The number of hydrogen-bond donors (Lipinski definition) is 0. The minimum Gasteiger partial charge on any atom is -0.422 e. The molecule has 1 aromatic carbocycles. The molecule has 1 aliphatic rings. The molecule has 166 valence electrons. The zero-order chi connectivity index (χ0) is 23.0. The van der Waals surface area contributed by atoms with Crippen LogP contribution in [0.5, 0.6) is 0 Å². The van der Waals surface area contributed by atoms with Crippen molar-refractivity contribution >= 4 is 27.6 Å². The molecule has 2 heterocycles. The van der Waals surface area contributed by atoms with E-state index in [-0.39, 0.29) is 29.5 Å². The number of cyclic esters (lactones) is 2. The van der Waals surface area contributed by atoms with Crippen molar-refractivity contribution < 1.29 is 32.3 Å². The average Bonchev–Trinajstić information content (AvgIpc) is 3.10. The number of ether oxygens (including phenoxy) is 2. The minimum atomic E-state index is -3.66. The first kappa shape index (κ1) is 22.7. The van der Waals surface area contributed by atoms with Crippen molar-refractivity contribution in [2.75, 3.05) is 6.26 Å². The van der Waals surface area contributed by atoms with Crippen LogP contribution in [-0.4, -0.2) is 42.7 Å². The maximum Gasteiger partial charge on any atom is 0.323 e. The Morgan fingerprint density at radius 2 is 1.74 bits per heavy atom. The van der Waals surface area contributed by atoms with Crippen molar-refractivity contribution in [1.82, 2.24) is 4.57 Å². The maximum absolute atomic E-state index is 13.1. The van der Waals surface area contributed by atoms with Crippen LogP contribution in [0.2, 0.25) is 0 Å². The van der Waals surface area contributed by atoms with Crippen LogP contribution in [0.1, 0.15) is 48.8 Å². The molecule has 0 spiro atoms. The van der Waals surface area contributed by atoms with Crippen LogP contribution >= 0.6 is 0 Å². The SMILES string of the molecule is CCc1cccc(C(=O)c2ccc(S(C)(=O)=O)n2CCC2C(=O)OC(C)(C)OC2=O)c1. The summed E-state index contributed by atoms with van der Waals surface area (Å²) in [6.07, 6.45) is 1.72. The highest BCUT2D eigenvalue weighted by Crippen LogP contribution is 2.27. The average molecular weight is 448 g/mol. The first-order valence-corrected chi connectivity index (χ1v) is 11.8. The van der Waals surface area contributed by atoms with Gasteiger partial charge in [0.1, 0.15) is 5.03 Å². The van der Waals surface area contributed by atoms with Gasteiger partial charge >= 0.3 is 11.9 Å². The number of hydrogen-bond acceptors (Lipinski definition) is 7. The van der Waals surface area contributed by atoms with Crippen LogP contribution in [-0.2, 0) is 41.9 Å². The molecular weight excluding hydrogens is 422 g/mol. The summed E-state index contributed by atoms with van der Waals surface area (Å²) in [6, 6.07) is 9.89. The van der Waals surface area contributed by atoms with Crippen molar-refractivity contribution in [3.63, 3.8) is 0 Å². The lowest BCUT2D eigenvalue weighted by Crippen LogP contribution is -2.46. The zero-order valence-electron chi connectivity index (χ0n) is 17.9. The molecule has 1 saturated heterocycles. The Hall–Kier alpha value is -2.94. The predicted molar refractivity (Wildman–Crippen MR) is 111 cm³/mol. The van der Waals surface area contributed by atoms with Crippen molar-refractivity contribution in [2.24, 2.45) is 5.92 Å². The standard InChI is InChI=1S/C22H25NO7S/c1-5-14-7-6-8-15(13-14)19(24)17-9-10-18(31(4,27)28)23(17)12-11-16-20(25)29-22(2,3)30-21(16)26/h6-10,13,16H,5,11-12H2,1-4H3. The summed E-state index contributed by atoms with van der Waals surface area (Å²) in [7, 11) is -3.66. The van der Waals surface area contributed by atoms with Gasteiger partial charge in [-0.1, -0.05) is 25.1 Å². The lowest BCUT2D eigenvalue weighted by molar-refractivity contribution is -0.240. The van der Waals surface area contributed by atoms with Gasteiger partial charge in [-0.15, -0.1) is 0 Å². The minimum absolute atomic E-state index is 0.0563. The largest absolute Gasteiger partial charge is 0.422 e. The molecule has 0 N–H and O–H groups in total. The molecule has 8 nitrogen and oxygen atoms in total. The molecule has 1 aromatic heterocycles. The highest BCUT2D eigenvalue weighted by Gasteiger charge is 2.43. The van der Waals surface area contributed by atoms with E-state index in [2.05, 4.69) is 0 Å². The van der Waals surface area contributed by atoms with Crippen molar-refractivity contribution in [1.29, 1.82) is 0 Å². The van der Waals surface area contributed by atoms with Crippen molar-refractivity contribution in [2.45, 2.75) is 51.0 Å². The summed E-state index contributed by atoms with van der Waals surface area (Å²) in [5, 5.41) is -0.0691. The third-order valence-corrected chi connectivity index (χ3v) is 6.17. The molecular formula is C22H25NO7S. The summed E-state index contributed by atoms with van der Waals surface area (Å²) in [5.74, 6) is -4.37. The second-order valence-electron chi connectivity index (χ2n) is 7.95. The van der Waals surface area contributed by atoms with E-state index in [1.165, 1.54) is 30.5 Å². The van der Waals surface area contributed by atoms with Gasteiger partial charge in [0.2, 0.25) is 5.78 Å². The molecule has 0 saturated carbocycles. The number of esters is 2. The first-order chi connectivity index (χ1) is 14.4. The Morgan fingerprint density at radius 1 is 1.10 bits per heavy atom. The summed E-state index contributed by atoms with van der Waals surface area (Å²) >= 11 is 0. The Kier molecular flexibility index (Phi) is 6.09. The molecule has 0 radical (unpaired) electrons. The molecule has 0 aliphatic carbocycles. The summed E-state index contributed by atoms with van der Waals surface area (Å²) in [6.45, 7) is 4.82. The van der Waals surface area contributed by atoms with E-state index in [4.69, 9.17) is 9.47 Å². The number of nitrogens with zero attached hydrogens (tertiary/aromatic N) is 1. The van der Waals surface area contributed by atoms with E-state index < -0.39 is 33.5 Å². The van der Waals surface area contributed by atoms with E-state index >= 15 is 0 Å². The number of carbonyl (C=O) groups is 3. The van der Waals surface area contributed by atoms with Gasteiger partial charge in [-0.3, -0.25) is 14.4 Å². The van der Waals surface area contributed by atoms with Gasteiger partial charge in [-0.05, 0) is 36.6 Å². The van der Waals surface area contributed by atoms with E-state index in [1.54, 1.807) is 18.2 Å². The molecule has 0 atom stereocenters. The Labute approximate surface area is 181 Å². The molecule has 0 amide bonds. The van der Waals surface area contributed by atoms with Crippen LogP contribution in [0.15, 0.2) is 41.4 Å². The zero-order valence-corrected chi connectivity index (χ0v) is 18.7. The molecule has 0 unspecified atom stereocenters. The van der Waals surface area contributed by atoms with Crippen LogP contribution in [0.4, 0.5) is 0 Å². The van der Waals surface area contributed by atoms with E-state index in [0.29, 0.717) is 5.56 Å². The number of aryl methyl sites for hydroxylation is 1. The van der Waals surface area contributed by atoms with Gasteiger partial charge in [0.15, 0.2) is 15.8 Å². The third-order valence-electron chi connectivity index (χ3n) is 5.05. The lowest BCUT2D eigenvalue weighted by Gasteiger charge is -2.33. The molecule has 1 aliphatic heterocycles. The molecule has 3 rings (SSSR count). The number of rotatable bonds is 7. The fourth-order valence-corrected chi connectivity index (χ4v) is 4.42. The molecule has 0 bridgehead atoms. The molecule has 2 aromatic rings. The highest BCUT2D eigenvalue weighted by molar-refractivity contribution is 7.90. The number of sulfone groups is 1. The van der Waals surface area contributed by atoms with Gasteiger partial charge in [-0.25, -0.2) is 8.42 Å². The third kappa shape index (κ3) is 4.87. The van der Waals surface area contributed by atoms with Crippen LogP contribution in [0, 0.1) is 5.92 Å². The molecule has 1 fully saturated rings. The Bertz CT molecular complexity index is 1120. The summed E-state index contributed by atoms with van der Waals surface area (Å²) in [4.78, 5) is 37.7. The molecule has 9 heteroatoms. The van der Waals surface area contributed by atoms with E-state index in [9.17, 15) is 22.8 Å². The van der Waals surface area contributed by atoms with Crippen LogP contribution in [0.3, 0.4) is 0 Å². The van der Waals surface area contributed by atoms with Gasteiger partial charge in [0.25, 0.3) is 5.79 Å². The normalized spacial score (nSPS) is 16.6. The number of benzene rings is 1. The summed E-state index contributed by atoms with van der Waals surface area (Å²) in [5.41, 5.74) is 1.56. The van der Waals surface area contributed by atoms with Gasteiger partial charge in [0, 0.05) is 32.2 Å². The fourth-order valence-electron chi connectivity index (χ4n) is 3.52. The van der Waals surface area contributed by atoms with Crippen molar-refractivity contribution in [3.05, 3.63) is 53.2 Å². The number of carbonyl (C=O) groups excluding carboxylic acids is 3. The second kappa shape index (κ2) is 8.30. The van der Waals surface area contributed by atoms with Gasteiger partial charge in [0.05, 0.1) is 5.69 Å². The summed E-state index contributed by atoms with van der Waals surface area (Å²) < 4.78 is 36.1. The number of aromatic nitrogens is 1. The predicted octanol–water partition coefficient (Wildman–Crippen LogP) is 2.53. The highest BCUT2D eigenvalue weighted by atomic mass is 32.2. The topological polar surface area (TPSA) is 109 Å². The van der Waals surface area contributed by atoms with Gasteiger partial charge < -0.3 is 14.0 Å². The first-order valence-electron chi connectivity index (χ1n) is 9.92.